The Morgan fingerprint density at radius 1 is 0.538 bits per heavy atom. The van der Waals surface area contributed by atoms with E-state index in [1.807, 2.05) is 12.5 Å². The minimum atomic E-state index is 0.963. The molecule has 0 radical (unpaired) electrons. The van der Waals surface area contributed by atoms with Crippen molar-refractivity contribution in [1.29, 1.82) is 0 Å². The molecule has 2 heteroatoms. The monoisotopic (exact) mass is 358 g/mol. The fourth-order valence-electron chi connectivity index (χ4n) is 3.66. The van der Waals surface area contributed by atoms with E-state index in [0.29, 0.717) is 0 Å². The lowest BCUT2D eigenvalue weighted by Crippen LogP contribution is -1.90. The average molecular weight is 359 g/mol. The fourth-order valence-corrected chi connectivity index (χ4v) is 3.66. The molecule has 2 heterocycles. The molecule has 0 bridgehead atoms. The van der Waals surface area contributed by atoms with Crippen molar-refractivity contribution >= 4 is 0 Å². The van der Waals surface area contributed by atoms with E-state index in [1.54, 1.807) is 0 Å². The van der Waals surface area contributed by atoms with Gasteiger partial charge in [0.05, 0.1) is 12.5 Å². The maximum atomic E-state index is 5.81. The molecule has 0 unspecified atom stereocenters. The highest BCUT2D eigenvalue weighted by Gasteiger charge is 2.16. The summed E-state index contributed by atoms with van der Waals surface area (Å²) in [5.74, 6) is 1.93. The lowest BCUT2D eigenvalue weighted by Gasteiger charge is -2.05. The molecule has 26 heavy (non-hydrogen) atoms. The molecule has 0 aliphatic rings. The first kappa shape index (κ1) is 20.9. The Kier molecular flexibility index (Phi) is 10.3. The smallest absolute Gasteiger partial charge is 0.172 e. The van der Waals surface area contributed by atoms with Crippen molar-refractivity contribution in [3.63, 3.8) is 0 Å². The van der Waals surface area contributed by atoms with E-state index in [-0.39, 0.29) is 0 Å². The molecule has 146 valence electrons. The molecule has 0 fully saturated rings. The Morgan fingerprint density at radius 3 is 1.35 bits per heavy atom. The van der Waals surface area contributed by atoms with Gasteiger partial charge in [0, 0.05) is 11.1 Å². The van der Waals surface area contributed by atoms with Crippen LogP contribution < -0.4 is 0 Å². The van der Waals surface area contributed by atoms with E-state index < -0.39 is 0 Å². The van der Waals surface area contributed by atoms with Crippen LogP contribution in [0.2, 0.25) is 0 Å². The zero-order valence-corrected chi connectivity index (χ0v) is 17.0. The molecule has 0 atom stereocenters. The molecule has 2 aromatic heterocycles. The van der Waals surface area contributed by atoms with Gasteiger partial charge in [-0.3, -0.25) is 0 Å². The van der Waals surface area contributed by atoms with Crippen LogP contribution in [0.5, 0.6) is 0 Å². The van der Waals surface area contributed by atoms with Crippen LogP contribution in [0.4, 0.5) is 0 Å². The first-order valence-electron chi connectivity index (χ1n) is 11.0. The van der Waals surface area contributed by atoms with Crippen molar-refractivity contribution in [3.05, 3.63) is 35.8 Å². The lowest BCUT2D eigenvalue weighted by molar-refractivity contribution is 0.517. The minimum absolute atomic E-state index is 0.963. The van der Waals surface area contributed by atoms with Crippen molar-refractivity contribution in [2.45, 2.75) is 104 Å². The minimum Gasteiger partial charge on any atom is -0.461 e. The normalized spacial score (nSPS) is 11.3. The molecule has 0 spiro atoms. The number of furan rings is 2. The summed E-state index contributed by atoms with van der Waals surface area (Å²) in [6.45, 7) is 4.54. The van der Waals surface area contributed by atoms with Crippen molar-refractivity contribution in [1.82, 2.24) is 0 Å². The predicted molar refractivity (Wildman–Crippen MR) is 111 cm³/mol. The molecule has 0 amide bonds. The molecule has 2 nitrogen and oxygen atoms in total. The Balaban J connectivity index is 1.80. The molecule has 0 saturated heterocycles. The van der Waals surface area contributed by atoms with Crippen LogP contribution in [-0.2, 0) is 12.8 Å². The highest BCUT2D eigenvalue weighted by molar-refractivity contribution is 5.59. The lowest BCUT2D eigenvalue weighted by atomic mass is 10.0. The topological polar surface area (TPSA) is 26.3 Å². The van der Waals surface area contributed by atoms with Crippen LogP contribution in [0.15, 0.2) is 33.5 Å². The third-order valence-corrected chi connectivity index (χ3v) is 5.30. The molecular weight excluding hydrogens is 320 g/mol. The van der Waals surface area contributed by atoms with Gasteiger partial charge in [-0.2, -0.15) is 0 Å². The van der Waals surface area contributed by atoms with E-state index >= 15 is 0 Å². The highest BCUT2D eigenvalue weighted by Crippen LogP contribution is 2.31. The summed E-state index contributed by atoms with van der Waals surface area (Å²) in [5, 5.41) is 0. The first-order chi connectivity index (χ1) is 12.9. The Bertz CT molecular complexity index is 526. The second-order valence-corrected chi connectivity index (χ2v) is 7.59. The summed E-state index contributed by atoms with van der Waals surface area (Å²) in [5.41, 5.74) is 2.61. The second kappa shape index (κ2) is 12.8. The van der Waals surface area contributed by atoms with E-state index in [9.17, 15) is 0 Å². The number of rotatable bonds is 15. The Labute approximate surface area is 160 Å². The zero-order chi connectivity index (χ0) is 18.5. The molecule has 0 aliphatic carbocycles. The number of aryl methyl sites for hydroxylation is 2. The van der Waals surface area contributed by atoms with Crippen LogP contribution in [0.1, 0.15) is 102 Å². The van der Waals surface area contributed by atoms with E-state index in [1.165, 1.54) is 88.2 Å². The van der Waals surface area contributed by atoms with Crippen LogP contribution in [0.25, 0.3) is 11.5 Å². The van der Waals surface area contributed by atoms with Crippen LogP contribution in [-0.4, -0.2) is 0 Å². The van der Waals surface area contributed by atoms with Gasteiger partial charge in [0.25, 0.3) is 0 Å². The summed E-state index contributed by atoms with van der Waals surface area (Å²) in [7, 11) is 0. The van der Waals surface area contributed by atoms with Crippen molar-refractivity contribution in [3.8, 4) is 11.5 Å². The molecule has 2 aromatic rings. The summed E-state index contributed by atoms with van der Waals surface area (Å²) >= 11 is 0. The standard InChI is InChI=1S/C24H38O2/c1-3-5-7-9-11-13-15-21-17-19-25-23(21)24-22(18-20-26-24)16-14-12-10-8-6-4-2/h17-20H,3-16H2,1-2H3. The van der Waals surface area contributed by atoms with Crippen LogP contribution >= 0.6 is 0 Å². The van der Waals surface area contributed by atoms with Crippen LogP contribution in [0.3, 0.4) is 0 Å². The van der Waals surface area contributed by atoms with Crippen molar-refractivity contribution in [2.24, 2.45) is 0 Å². The largest absolute Gasteiger partial charge is 0.461 e. The van der Waals surface area contributed by atoms with Gasteiger partial charge in [-0.15, -0.1) is 0 Å². The summed E-state index contributed by atoms with van der Waals surface area (Å²) < 4.78 is 11.6. The summed E-state index contributed by atoms with van der Waals surface area (Å²) in [6.07, 6.45) is 21.7. The predicted octanol–water partition coefficient (Wildman–Crippen LogP) is 8.35. The van der Waals surface area contributed by atoms with Crippen molar-refractivity contribution in [2.75, 3.05) is 0 Å². The van der Waals surface area contributed by atoms with Gasteiger partial charge in [0.2, 0.25) is 0 Å². The van der Waals surface area contributed by atoms with Gasteiger partial charge >= 0.3 is 0 Å². The molecule has 0 N–H and O–H groups in total. The first-order valence-corrected chi connectivity index (χ1v) is 11.0. The molecule has 0 aliphatic heterocycles. The van der Waals surface area contributed by atoms with Gasteiger partial charge in [0.15, 0.2) is 11.5 Å². The van der Waals surface area contributed by atoms with E-state index in [4.69, 9.17) is 8.83 Å². The maximum absolute atomic E-state index is 5.81. The fraction of sp³-hybridized carbons (Fsp3) is 0.667. The van der Waals surface area contributed by atoms with Crippen LogP contribution in [0, 0.1) is 0 Å². The van der Waals surface area contributed by atoms with Gasteiger partial charge in [-0.25, -0.2) is 0 Å². The molecule has 0 saturated carbocycles. The molecular formula is C24H38O2. The number of unbranched alkanes of at least 4 members (excludes halogenated alkanes) is 10. The van der Waals surface area contributed by atoms with Crippen molar-refractivity contribution < 1.29 is 8.83 Å². The highest BCUT2D eigenvalue weighted by atomic mass is 16.4. The van der Waals surface area contributed by atoms with Gasteiger partial charge in [-0.05, 0) is 37.8 Å². The third-order valence-electron chi connectivity index (χ3n) is 5.30. The third kappa shape index (κ3) is 7.05. The van der Waals surface area contributed by atoms with E-state index in [0.717, 1.165) is 24.4 Å². The van der Waals surface area contributed by atoms with Gasteiger partial charge in [-0.1, -0.05) is 78.1 Å². The Hall–Kier alpha value is -1.44. The average Bonchev–Trinajstić information content (AvgIpc) is 3.29. The van der Waals surface area contributed by atoms with Gasteiger partial charge in [0.1, 0.15) is 0 Å². The SMILES string of the molecule is CCCCCCCCc1ccoc1-c1occc1CCCCCCCC. The quantitative estimate of drug-likeness (QED) is 0.299. The number of hydrogen-bond acceptors (Lipinski definition) is 2. The van der Waals surface area contributed by atoms with E-state index in [2.05, 4.69) is 26.0 Å². The Morgan fingerprint density at radius 2 is 0.923 bits per heavy atom. The molecule has 2 rings (SSSR count). The second-order valence-electron chi connectivity index (χ2n) is 7.59. The molecule has 0 aromatic carbocycles. The maximum Gasteiger partial charge on any atom is 0.172 e. The summed E-state index contributed by atoms with van der Waals surface area (Å²) in [4.78, 5) is 0. The summed E-state index contributed by atoms with van der Waals surface area (Å²) in [6, 6.07) is 4.25. The zero-order valence-electron chi connectivity index (χ0n) is 17.0. The number of hydrogen-bond donors (Lipinski definition) is 0. The van der Waals surface area contributed by atoms with Gasteiger partial charge < -0.3 is 8.83 Å².